The third-order valence-electron chi connectivity index (χ3n) is 4.67. The van der Waals surface area contributed by atoms with Gasteiger partial charge in [-0.15, -0.1) is 0 Å². The fourth-order valence-corrected chi connectivity index (χ4v) is 3.25. The highest BCUT2D eigenvalue weighted by atomic mass is 32.1. The number of amides is 1. The first-order valence-electron chi connectivity index (χ1n) is 8.91. The lowest BCUT2D eigenvalue weighted by molar-refractivity contribution is -0.142. The molecule has 0 saturated carbocycles. The highest BCUT2D eigenvalue weighted by molar-refractivity contribution is 7.71. The molecular weight excluding hydrogens is 431 g/mol. The van der Waals surface area contributed by atoms with Crippen LogP contribution < -0.4 is 10.9 Å². The quantitative estimate of drug-likeness (QED) is 0.466. The Hall–Kier alpha value is -3.73. The highest BCUT2D eigenvalue weighted by Crippen LogP contribution is 2.30. The summed E-state index contributed by atoms with van der Waals surface area (Å²) in [5.74, 6) is -0.454. The van der Waals surface area contributed by atoms with Crippen molar-refractivity contribution in [3.05, 3.63) is 81.1 Å². The first-order chi connectivity index (χ1) is 14.6. The van der Waals surface area contributed by atoms with E-state index in [0.29, 0.717) is 16.6 Å². The van der Waals surface area contributed by atoms with Crippen LogP contribution in [0.5, 0.6) is 0 Å². The average molecular weight is 445 g/mol. The van der Waals surface area contributed by atoms with Crippen LogP contribution in [0.25, 0.3) is 16.6 Å². The summed E-state index contributed by atoms with van der Waals surface area (Å²) in [6.45, 7) is 0. The second kappa shape index (κ2) is 7.51. The number of H-pyrrole nitrogens is 1. The van der Waals surface area contributed by atoms with Crippen molar-refractivity contribution in [3.8, 4) is 5.69 Å². The zero-order valence-electron chi connectivity index (χ0n) is 15.9. The van der Waals surface area contributed by atoms with Crippen LogP contribution in [0.3, 0.4) is 0 Å². The monoisotopic (exact) mass is 445 g/mol. The van der Waals surface area contributed by atoms with Gasteiger partial charge in [-0.3, -0.25) is 14.2 Å². The lowest BCUT2D eigenvalue weighted by Gasteiger charge is -2.11. The Kier molecular flexibility index (Phi) is 4.97. The summed E-state index contributed by atoms with van der Waals surface area (Å²) in [6, 6.07) is 11.2. The van der Waals surface area contributed by atoms with Crippen molar-refractivity contribution in [1.29, 1.82) is 0 Å². The van der Waals surface area contributed by atoms with Gasteiger partial charge in [0, 0.05) is 18.3 Å². The van der Waals surface area contributed by atoms with Gasteiger partial charge in [-0.25, -0.2) is 4.68 Å². The number of rotatable bonds is 3. The molecule has 4 aromatic rings. The van der Waals surface area contributed by atoms with Crippen molar-refractivity contribution in [2.45, 2.75) is 6.18 Å². The number of hydrogen-bond donors (Lipinski definition) is 2. The number of nitrogens with one attached hydrogen (secondary N) is 2. The largest absolute Gasteiger partial charge is 0.433 e. The minimum absolute atomic E-state index is 0.199. The lowest BCUT2D eigenvalue weighted by Crippen LogP contribution is -2.19. The zero-order valence-corrected chi connectivity index (χ0v) is 16.7. The number of nitrogens with zero attached hydrogens (tertiary/aromatic N) is 3. The van der Waals surface area contributed by atoms with Gasteiger partial charge in [0.05, 0.1) is 22.8 Å². The predicted molar refractivity (Wildman–Crippen MR) is 111 cm³/mol. The Morgan fingerprint density at radius 3 is 2.52 bits per heavy atom. The minimum atomic E-state index is -4.54. The molecule has 31 heavy (non-hydrogen) atoms. The number of carbonyl (C=O) groups is 1. The molecule has 2 aromatic carbocycles. The van der Waals surface area contributed by atoms with Crippen LogP contribution in [0.4, 0.5) is 18.9 Å². The molecule has 0 radical (unpaired) electrons. The second-order valence-corrected chi connectivity index (χ2v) is 7.07. The summed E-state index contributed by atoms with van der Waals surface area (Å²) in [5.41, 5.74) is 0.106. The van der Waals surface area contributed by atoms with Gasteiger partial charge in [0.25, 0.3) is 11.5 Å². The molecule has 2 aromatic heterocycles. The van der Waals surface area contributed by atoms with Crippen LogP contribution >= 0.6 is 12.2 Å². The number of benzene rings is 2. The first-order valence-corrected chi connectivity index (χ1v) is 9.32. The van der Waals surface area contributed by atoms with Gasteiger partial charge >= 0.3 is 6.18 Å². The summed E-state index contributed by atoms with van der Waals surface area (Å²) in [6.07, 6.45) is -3.47. The number of hydrogen-bond acceptors (Lipinski definition) is 4. The number of aromatic nitrogens is 4. The Morgan fingerprint density at radius 2 is 1.84 bits per heavy atom. The van der Waals surface area contributed by atoms with Crippen LogP contribution in [-0.4, -0.2) is 25.2 Å². The molecule has 0 aliphatic heterocycles. The van der Waals surface area contributed by atoms with Crippen molar-refractivity contribution >= 4 is 34.7 Å². The van der Waals surface area contributed by atoms with E-state index in [4.69, 9.17) is 12.2 Å². The van der Waals surface area contributed by atoms with Gasteiger partial charge in [0.1, 0.15) is 5.69 Å². The van der Waals surface area contributed by atoms with Gasteiger partial charge in [-0.1, -0.05) is 0 Å². The average Bonchev–Trinajstić information content (AvgIpc) is 3.23. The summed E-state index contributed by atoms with van der Waals surface area (Å²) in [7, 11) is 1.55. The Morgan fingerprint density at radius 1 is 1.13 bits per heavy atom. The van der Waals surface area contributed by atoms with Gasteiger partial charge in [-0.2, -0.15) is 18.3 Å². The summed E-state index contributed by atoms with van der Waals surface area (Å²) in [5, 5.41) is 6.76. The minimum Gasteiger partial charge on any atom is -0.332 e. The van der Waals surface area contributed by atoms with Gasteiger partial charge < -0.3 is 10.3 Å². The Bertz CT molecular complexity index is 1420. The smallest absolute Gasteiger partial charge is 0.332 e. The van der Waals surface area contributed by atoms with Gasteiger partial charge in [0.15, 0.2) is 4.77 Å². The van der Waals surface area contributed by atoms with E-state index in [1.807, 2.05) is 0 Å². The fraction of sp³-hybridized carbons (Fsp3) is 0.100. The summed E-state index contributed by atoms with van der Waals surface area (Å²) < 4.78 is 41.4. The molecule has 4 rings (SSSR count). The fourth-order valence-electron chi connectivity index (χ4n) is 3.06. The zero-order chi connectivity index (χ0) is 22.3. The maximum absolute atomic E-state index is 13.0. The molecular formula is C20H14F3N5O2S. The maximum Gasteiger partial charge on any atom is 0.433 e. The molecule has 2 N–H and O–H groups in total. The van der Waals surface area contributed by atoms with Crippen LogP contribution in [0, 0.1) is 4.77 Å². The number of carbonyl (C=O) groups excluding carboxylic acids is 1. The molecule has 0 saturated heterocycles. The van der Waals surface area contributed by atoms with Crippen LogP contribution in [0.1, 0.15) is 16.1 Å². The van der Waals surface area contributed by atoms with E-state index in [9.17, 15) is 22.8 Å². The maximum atomic E-state index is 13.0. The molecule has 0 aliphatic rings. The molecule has 2 heterocycles. The van der Waals surface area contributed by atoms with Crippen molar-refractivity contribution in [2.75, 3.05) is 5.32 Å². The van der Waals surface area contributed by atoms with Crippen LogP contribution in [-0.2, 0) is 13.2 Å². The van der Waals surface area contributed by atoms with E-state index in [1.54, 1.807) is 7.05 Å². The van der Waals surface area contributed by atoms with Crippen LogP contribution in [0.2, 0.25) is 0 Å². The van der Waals surface area contributed by atoms with E-state index >= 15 is 0 Å². The Balaban J connectivity index is 1.58. The number of halogens is 3. The summed E-state index contributed by atoms with van der Waals surface area (Å²) in [4.78, 5) is 27.7. The lowest BCUT2D eigenvalue weighted by atomic mass is 10.1. The number of alkyl halides is 3. The van der Waals surface area contributed by atoms with Crippen molar-refractivity contribution in [3.63, 3.8) is 0 Å². The SMILES string of the molecule is Cn1c(=S)[nH]c2cc(C(=O)Nc3ccc(-n4nccc4C(F)(F)F)cc3)ccc2c1=O. The second-order valence-electron chi connectivity index (χ2n) is 6.68. The van der Waals surface area contributed by atoms with Crippen molar-refractivity contribution < 1.29 is 18.0 Å². The molecule has 158 valence electrons. The Labute approximate surface area is 177 Å². The number of anilines is 1. The first kappa shape index (κ1) is 20.5. The van der Waals surface area contributed by atoms with Crippen LogP contribution in [0.15, 0.2) is 59.5 Å². The highest BCUT2D eigenvalue weighted by Gasteiger charge is 2.35. The molecule has 0 atom stereocenters. The number of fused-ring (bicyclic) bond motifs is 1. The third kappa shape index (κ3) is 3.87. The van der Waals surface area contributed by atoms with E-state index in [0.717, 1.165) is 16.9 Å². The third-order valence-corrected chi connectivity index (χ3v) is 5.04. The normalized spacial score (nSPS) is 11.6. The van der Waals surface area contributed by atoms with Gasteiger partial charge in [-0.05, 0) is 60.7 Å². The molecule has 1 amide bonds. The molecule has 0 bridgehead atoms. The van der Waals surface area contributed by atoms with E-state index in [-0.39, 0.29) is 21.6 Å². The molecule has 0 fully saturated rings. The van der Waals surface area contributed by atoms with Crippen molar-refractivity contribution in [1.82, 2.24) is 19.3 Å². The molecule has 0 aliphatic carbocycles. The van der Waals surface area contributed by atoms with Gasteiger partial charge in [0.2, 0.25) is 0 Å². The summed E-state index contributed by atoms with van der Waals surface area (Å²) >= 11 is 5.09. The van der Waals surface area contributed by atoms with E-state index < -0.39 is 17.8 Å². The van der Waals surface area contributed by atoms with E-state index in [1.165, 1.54) is 47.0 Å². The molecule has 7 nitrogen and oxygen atoms in total. The molecule has 0 spiro atoms. The van der Waals surface area contributed by atoms with E-state index in [2.05, 4.69) is 15.4 Å². The molecule has 0 unspecified atom stereocenters. The number of aromatic amines is 1. The topological polar surface area (TPSA) is 84.7 Å². The molecule has 11 heteroatoms. The predicted octanol–water partition coefficient (Wildman–Crippen LogP) is 4.05. The van der Waals surface area contributed by atoms with Crippen molar-refractivity contribution in [2.24, 2.45) is 7.05 Å². The standard InChI is InChI=1S/C20H14F3N5O2S/c1-27-18(30)14-7-2-11(10-15(14)26-19(27)31)17(29)25-12-3-5-13(6-4-12)28-16(8-9-24-28)20(21,22)23/h2-10H,1H3,(H,25,29)(H,26,31).